The third-order valence-electron chi connectivity index (χ3n) is 5.73. The second-order valence-electron chi connectivity index (χ2n) is 8.27. The molecule has 8 heteroatoms. The molecule has 0 unspecified atom stereocenters. The zero-order valence-electron chi connectivity index (χ0n) is 18.2. The molecule has 0 saturated carbocycles. The monoisotopic (exact) mass is 463 g/mol. The van der Waals surface area contributed by atoms with E-state index in [0.29, 0.717) is 6.04 Å². The summed E-state index contributed by atoms with van der Waals surface area (Å²) in [7, 11) is -2.24. The Bertz CT molecular complexity index is 1000. The predicted octanol–water partition coefficient (Wildman–Crippen LogP) is 3.76. The first kappa shape index (κ1) is 23.7. The summed E-state index contributed by atoms with van der Waals surface area (Å²) < 4.78 is 27.4. The summed E-state index contributed by atoms with van der Waals surface area (Å²) in [6.07, 6.45) is 1.72. The minimum Gasteiger partial charge on any atom is -0.349 e. The topological polar surface area (TPSA) is 69.7 Å². The van der Waals surface area contributed by atoms with Gasteiger partial charge < -0.3 is 10.2 Å². The third-order valence-corrected chi connectivity index (χ3v) is 7.86. The van der Waals surface area contributed by atoms with Gasteiger partial charge in [-0.05, 0) is 50.5 Å². The van der Waals surface area contributed by atoms with Gasteiger partial charge in [0.2, 0.25) is 10.0 Å². The smallest absolute Gasteiger partial charge is 0.253 e. The molecule has 3 rings (SSSR count). The molecule has 1 heterocycles. The van der Waals surface area contributed by atoms with Crippen molar-refractivity contribution in [1.29, 1.82) is 0 Å². The summed E-state index contributed by atoms with van der Waals surface area (Å²) in [5, 5.41) is 3.26. The molecule has 1 fully saturated rings. The second-order valence-corrected chi connectivity index (χ2v) is 10.7. The van der Waals surface area contributed by atoms with E-state index in [9.17, 15) is 13.2 Å². The lowest BCUT2D eigenvalue weighted by Gasteiger charge is -2.34. The Labute approximate surface area is 190 Å². The Kier molecular flexibility index (Phi) is 7.75. The van der Waals surface area contributed by atoms with Crippen molar-refractivity contribution in [2.75, 3.05) is 20.1 Å². The van der Waals surface area contributed by atoms with Crippen molar-refractivity contribution >= 4 is 27.5 Å². The van der Waals surface area contributed by atoms with Crippen LogP contribution >= 0.6 is 11.6 Å². The van der Waals surface area contributed by atoms with Crippen LogP contribution in [-0.2, 0) is 16.6 Å². The molecule has 0 radical (unpaired) electrons. The minimum atomic E-state index is -3.77. The molecule has 168 valence electrons. The van der Waals surface area contributed by atoms with Gasteiger partial charge in [0.1, 0.15) is 0 Å². The van der Waals surface area contributed by atoms with Crippen molar-refractivity contribution in [1.82, 2.24) is 14.5 Å². The summed E-state index contributed by atoms with van der Waals surface area (Å²) >= 11 is 6.26. The van der Waals surface area contributed by atoms with E-state index in [2.05, 4.69) is 24.1 Å². The zero-order valence-corrected chi connectivity index (χ0v) is 19.8. The van der Waals surface area contributed by atoms with Crippen LogP contribution in [0.25, 0.3) is 0 Å². The molecule has 0 bridgehead atoms. The van der Waals surface area contributed by atoms with Gasteiger partial charge in [0.25, 0.3) is 5.91 Å². The van der Waals surface area contributed by atoms with Gasteiger partial charge in [-0.15, -0.1) is 0 Å². The number of carbonyl (C=O) groups excluding carboxylic acids is 1. The minimum absolute atomic E-state index is 0.0510. The van der Waals surface area contributed by atoms with E-state index in [4.69, 9.17) is 11.6 Å². The van der Waals surface area contributed by atoms with Gasteiger partial charge in [-0.2, -0.15) is 4.31 Å². The summed E-state index contributed by atoms with van der Waals surface area (Å²) in [6, 6.07) is 14.2. The fourth-order valence-corrected chi connectivity index (χ4v) is 5.16. The van der Waals surface area contributed by atoms with Gasteiger partial charge in [-0.25, -0.2) is 8.42 Å². The summed E-state index contributed by atoms with van der Waals surface area (Å²) in [4.78, 5) is 15.3. The number of piperidine rings is 1. The van der Waals surface area contributed by atoms with Gasteiger partial charge >= 0.3 is 0 Å². The van der Waals surface area contributed by atoms with Crippen LogP contribution in [0, 0.1) is 0 Å². The number of rotatable bonds is 7. The summed E-state index contributed by atoms with van der Waals surface area (Å²) in [6.45, 7) is 6.42. The summed E-state index contributed by atoms with van der Waals surface area (Å²) in [5.74, 6) is -0.337. The molecule has 0 aliphatic carbocycles. The van der Waals surface area contributed by atoms with E-state index in [-0.39, 0.29) is 34.0 Å². The number of sulfonamides is 1. The van der Waals surface area contributed by atoms with Crippen LogP contribution < -0.4 is 5.32 Å². The van der Waals surface area contributed by atoms with E-state index in [1.807, 2.05) is 30.3 Å². The highest BCUT2D eigenvalue weighted by Gasteiger charge is 2.26. The van der Waals surface area contributed by atoms with Crippen LogP contribution in [0.3, 0.4) is 0 Å². The van der Waals surface area contributed by atoms with E-state index >= 15 is 0 Å². The lowest BCUT2D eigenvalue weighted by Crippen LogP contribution is -2.46. The largest absolute Gasteiger partial charge is 0.349 e. The van der Waals surface area contributed by atoms with Crippen molar-refractivity contribution in [3.63, 3.8) is 0 Å². The Morgan fingerprint density at radius 3 is 2.42 bits per heavy atom. The Balaban J connectivity index is 1.72. The number of hydrogen-bond donors (Lipinski definition) is 1. The maximum Gasteiger partial charge on any atom is 0.253 e. The van der Waals surface area contributed by atoms with E-state index < -0.39 is 10.0 Å². The van der Waals surface area contributed by atoms with Gasteiger partial charge in [-0.3, -0.25) is 4.79 Å². The molecule has 0 atom stereocenters. The van der Waals surface area contributed by atoms with E-state index in [0.717, 1.165) is 31.5 Å². The van der Waals surface area contributed by atoms with Crippen molar-refractivity contribution in [2.45, 2.75) is 50.2 Å². The number of carbonyl (C=O) groups is 1. The average Bonchev–Trinajstić information content (AvgIpc) is 2.75. The van der Waals surface area contributed by atoms with Gasteiger partial charge in [0.05, 0.1) is 15.5 Å². The molecular weight excluding hydrogens is 434 g/mol. The molecule has 1 saturated heterocycles. The van der Waals surface area contributed by atoms with Crippen LogP contribution in [0.2, 0.25) is 5.02 Å². The van der Waals surface area contributed by atoms with Gasteiger partial charge in [-0.1, -0.05) is 41.9 Å². The van der Waals surface area contributed by atoms with Crippen LogP contribution in [0.4, 0.5) is 0 Å². The second kappa shape index (κ2) is 10.1. The van der Waals surface area contributed by atoms with Crippen molar-refractivity contribution in [2.24, 2.45) is 0 Å². The Hall–Kier alpha value is -1.93. The molecule has 0 aromatic heterocycles. The molecule has 0 spiro atoms. The first-order valence-corrected chi connectivity index (χ1v) is 12.3. The molecule has 1 aliphatic rings. The molecular formula is C23H30ClN3O3S. The molecule has 1 amide bonds. The first-order chi connectivity index (χ1) is 14.7. The number of hydrogen-bond acceptors (Lipinski definition) is 4. The Morgan fingerprint density at radius 2 is 1.81 bits per heavy atom. The lowest BCUT2D eigenvalue weighted by molar-refractivity contribution is 0.0900. The third kappa shape index (κ3) is 5.86. The maximum atomic E-state index is 13.1. The Morgan fingerprint density at radius 1 is 1.16 bits per heavy atom. The SMILES string of the molecule is CC(C)N1CCC(NC(=O)c2cc(S(=O)(=O)N(C)Cc3ccccc3)ccc2Cl)CC1. The molecule has 2 aromatic rings. The number of likely N-dealkylation sites (tertiary alicyclic amines) is 1. The van der Waals surface area contributed by atoms with Crippen LogP contribution in [0.15, 0.2) is 53.4 Å². The zero-order chi connectivity index (χ0) is 22.6. The standard InChI is InChI=1S/C23H30ClN3O3S/c1-17(2)27-13-11-19(12-14-27)25-23(28)21-15-20(9-10-22(21)24)31(29,30)26(3)16-18-7-5-4-6-8-18/h4-10,15,17,19H,11-14,16H2,1-3H3,(H,25,28). The fraction of sp³-hybridized carbons (Fsp3) is 0.435. The average molecular weight is 464 g/mol. The molecule has 31 heavy (non-hydrogen) atoms. The highest BCUT2D eigenvalue weighted by Crippen LogP contribution is 2.24. The number of halogens is 1. The van der Waals surface area contributed by atoms with Gasteiger partial charge in [0, 0.05) is 38.8 Å². The first-order valence-electron chi connectivity index (χ1n) is 10.5. The van der Waals surface area contributed by atoms with E-state index in [1.54, 1.807) is 0 Å². The van der Waals surface area contributed by atoms with Crippen molar-refractivity contribution < 1.29 is 13.2 Å². The van der Waals surface area contributed by atoms with Crippen molar-refractivity contribution in [3.05, 3.63) is 64.7 Å². The highest BCUT2D eigenvalue weighted by atomic mass is 35.5. The van der Waals surface area contributed by atoms with Crippen LogP contribution in [0.5, 0.6) is 0 Å². The fourth-order valence-electron chi connectivity index (χ4n) is 3.77. The normalized spacial score (nSPS) is 16.1. The van der Waals surface area contributed by atoms with Crippen LogP contribution in [-0.4, -0.2) is 55.8 Å². The molecule has 1 aliphatic heterocycles. The van der Waals surface area contributed by atoms with Gasteiger partial charge in [0.15, 0.2) is 0 Å². The van der Waals surface area contributed by atoms with E-state index in [1.165, 1.54) is 29.6 Å². The number of amides is 1. The maximum absolute atomic E-state index is 13.1. The molecule has 2 aromatic carbocycles. The number of nitrogens with zero attached hydrogens (tertiary/aromatic N) is 2. The lowest BCUT2D eigenvalue weighted by atomic mass is 10.0. The van der Waals surface area contributed by atoms with Crippen molar-refractivity contribution in [3.8, 4) is 0 Å². The van der Waals surface area contributed by atoms with Crippen LogP contribution in [0.1, 0.15) is 42.6 Å². The quantitative estimate of drug-likeness (QED) is 0.678. The highest BCUT2D eigenvalue weighted by molar-refractivity contribution is 7.89. The summed E-state index contributed by atoms with van der Waals surface area (Å²) in [5.41, 5.74) is 1.07. The molecule has 6 nitrogen and oxygen atoms in total. The number of benzene rings is 2. The molecule has 1 N–H and O–H groups in total. The predicted molar refractivity (Wildman–Crippen MR) is 124 cm³/mol. The number of nitrogens with one attached hydrogen (secondary N) is 1.